The summed E-state index contributed by atoms with van der Waals surface area (Å²) < 4.78 is 1.91. The monoisotopic (exact) mass is 364 g/mol. The first-order valence-corrected chi connectivity index (χ1v) is 9.71. The van der Waals surface area contributed by atoms with Gasteiger partial charge in [-0.1, -0.05) is 48.2 Å². The number of hydrogen-bond acceptors (Lipinski definition) is 4. The molecular weight excluding hydrogens is 344 g/mol. The van der Waals surface area contributed by atoms with Crippen LogP contribution in [0.5, 0.6) is 0 Å². The minimum Gasteiger partial charge on any atom is -0.309 e. The van der Waals surface area contributed by atoms with Gasteiger partial charge in [-0.05, 0) is 43.5 Å². The third-order valence-corrected chi connectivity index (χ3v) is 5.60. The minimum atomic E-state index is 0.109. The molecule has 0 fully saturated rings. The molecule has 1 unspecified atom stereocenters. The van der Waals surface area contributed by atoms with Gasteiger partial charge in [-0.15, -0.1) is 10.2 Å². The van der Waals surface area contributed by atoms with E-state index in [2.05, 4.69) is 23.2 Å². The first-order chi connectivity index (χ1) is 12.7. The number of aryl methyl sites for hydroxylation is 1. The molecular formula is C20H20N4OS. The summed E-state index contributed by atoms with van der Waals surface area (Å²) in [5, 5.41) is 8.91. The van der Waals surface area contributed by atoms with Crippen LogP contribution >= 0.6 is 11.8 Å². The molecule has 0 aliphatic carbocycles. The van der Waals surface area contributed by atoms with Crippen molar-refractivity contribution in [1.82, 2.24) is 14.8 Å². The third kappa shape index (κ3) is 3.24. The average molecular weight is 364 g/mol. The van der Waals surface area contributed by atoms with Crippen molar-refractivity contribution in [2.45, 2.75) is 31.0 Å². The van der Waals surface area contributed by atoms with Crippen LogP contribution < -0.4 is 4.90 Å². The van der Waals surface area contributed by atoms with Crippen molar-refractivity contribution in [1.29, 1.82) is 0 Å². The maximum atomic E-state index is 13.0. The number of carbonyl (C=O) groups excluding carboxylic acids is 1. The molecule has 0 N–H and O–H groups in total. The summed E-state index contributed by atoms with van der Waals surface area (Å²) >= 11 is 1.43. The van der Waals surface area contributed by atoms with Crippen LogP contribution in [-0.2, 0) is 11.2 Å². The zero-order chi connectivity index (χ0) is 17.9. The maximum Gasteiger partial charge on any atom is 0.237 e. The molecule has 1 aliphatic heterocycles. The molecule has 0 spiro atoms. The van der Waals surface area contributed by atoms with Crippen LogP contribution in [-0.4, -0.2) is 32.5 Å². The number of thioether (sulfide) groups is 1. The van der Waals surface area contributed by atoms with E-state index >= 15 is 0 Å². The van der Waals surface area contributed by atoms with Crippen LogP contribution in [0.1, 0.15) is 18.9 Å². The molecule has 3 aromatic rings. The fourth-order valence-corrected chi connectivity index (χ4v) is 4.14. The molecule has 4 rings (SSSR count). The highest BCUT2D eigenvalue weighted by Gasteiger charge is 2.28. The summed E-state index contributed by atoms with van der Waals surface area (Å²) in [5.74, 6) is 0.446. The largest absolute Gasteiger partial charge is 0.309 e. The van der Waals surface area contributed by atoms with E-state index in [1.54, 1.807) is 6.33 Å². The lowest BCUT2D eigenvalue weighted by Gasteiger charge is -2.35. The van der Waals surface area contributed by atoms with E-state index in [9.17, 15) is 4.79 Å². The second-order valence-corrected chi connectivity index (χ2v) is 7.33. The van der Waals surface area contributed by atoms with Gasteiger partial charge in [0.1, 0.15) is 6.33 Å². The molecule has 5 nitrogen and oxygen atoms in total. The summed E-state index contributed by atoms with van der Waals surface area (Å²) in [4.78, 5) is 14.9. The molecule has 1 aliphatic rings. The molecule has 1 atom stereocenters. The summed E-state index contributed by atoms with van der Waals surface area (Å²) in [5.41, 5.74) is 3.28. The Morgan fingerprint density at radius 1 is 1.15 bits per heavy atom. The highest BCUT2D eigenvalue weighted by molar-refractivity contribution is 7.99. The highest BCUT2D eigenvalue weighted by atomic mass is 32.2. The fourth-order valence-electron chi connectivity index (χ4n) is 3.35. The van der Waals surface area contributed by atoms with Gasteiger partial charge in [-0.2, -0.15) is 0 Å². The second kappa shape index (κ2) is 7.33. The predicted molar refractivity (Wildman–Crippen MR) is 104 cm³/mol. The Morgan fingerprint density at radius 2 is 1.92 bits per heavy atom. The topological polar surface area (TPSA) is 51.0 Å². The molecule has 0 saturated carbocycles. The molecule has 0 saturated heterocycles. The van der Waals surface area contributed by atoms with Gasteiger partial charge in [0.2, 0.25) is 5.91 Å². The van der Waals surface area contributed by atoms with Crippen LogP contribution in [0, 0.1) is 0 Å². The van der Waals surface area contributed by atoms with E-state index in [-0.39, 0.29) is 11.9 Å². The van der Waals surface area contributed by atoms with Gasteiger partial charge < -0.3 is 4.90 Å². The highest BCUT2D eigenvalue weighted by Crippen LogP contribution is 2.31. The lowest BCUT2D eigenvalue weighted by Crippen LogP contribution is -2.43. The Kier molecular flexibility index (Phi) is 4.75. The molecule has 26 heavy (non-hydrogen) atoms. The normalized spacial score (nSPS) is 16.3. The zero-order valence-electron chi connectivity index (χ0n) is 14.6. The van der Waals surface area contributed by atoms with Crippen LogP contribution in [0.4, 0.5) is 5.69 Å². The lowest BCUT2D eigenvalue weighted by molar-refractivity contribution is -0.116. The number of aromatic nitrogens is 3. The summed E-state index contributed by atoms with van der Waals surface area (Å²) in [7, 11) is 0. The van der Waals surface area contributed by atoms with Gasteiger partial charge in [0.15, 0.2) is 5.16 Å². The SMILES string of the molecule is CC1CCc2ccccc2N1C(=O)CSc1nncn1-c1ccccc1. The van der Waals surface area contributed by atoms with E-state index in [0.717, 1.165) is 29.4 Å². The number of nitrogens with zero attached hydrogens (tertiary/aromatic N) is 4. The number of anilines is 1. The Morgan fingerprint density at radius 3 is 2.77 bits per heavy atom. The first kappa shape index (κ1) is 16.8. The van der Waals surface area contributed by atoms with Crippen molar-refractivity contribution >= 4 is 23.4 Å². The number of benzene rings is 2. The standard InChI is InChI=1S/C20H20N4OS/c1-15-11-12-16-7-5-6-10-18(16)24(15)19(25)13-26-20-22-21-14-23(20)17-8-3-2-4-9-17/h2-10,14-15H,11-13H2,1H3. The molecule has 2 aromatic carbocycles. The Balaban J connectivity index is 1.51. The van der Waals surface area contributed by atoms with Crippen LogP contribution in [0.25, 0.3) is 5.69 Å². The second-order valence-electron chi connectivity index (χ2n) is 6.39. The zero-order valence-corrected chi connectivity index (χ0v) is 15.4. The molecule has 1 amide bonds. The Bertz CT molecular complexity index is 909. The Hall–Kier alpha value is -2.60. The van der Waals surface area contributed by atoms with Crippen molar-refractivity contribution in [2.24, 2.45) is 0 Å². The van der Waals surface area contributed by atoms with Gasteiger partial charge in [-0.3, -0.25) is 9.36 Å². The van der Waals surface area contributed by atoms with Gasteiger partial charge in [0.05, 0.1) is 5.75 Å². The number of amides is 1. The maximum absolute atomic E-state index is 13.0. The first-order valence-electron chi connectivity index (χ1n) is 8.72. The summed E-state index contributed by atoms with van der Waals surface area (Å²) in [6.07, 6.45) is 3.70. The summed E-state index contributed by atoms with van der Waals surface area (Å²) in [6.45, 7) is 2.12. The fraction of sp³-hybridized carbons (Fsp3) is 0.250. The lowest BCUT2D eigenvalue weighted by atomic mass is 9.97. The van der Waals surface area contributed by atoms with Crippen molar-refractivity contribution in [3.63, 3.8) is 0 Å². The molecule has 2 heterocycles. The molecule has 6 heteroatoms. The average Bonchev–Trinajstić information content (AvgIpc) is 3.15. The van der Waals surface area contributed by atoms with Gasteiger partial charge in [0.25, 0.3) is 0 Å². The minimum absolute atomic E-state index is 0.109. The number of hydrogen-bond donors (Lipinski definition) is 0. The van der Waals surface area contributed by atoms with Crippen LogP contribution in [0.2, 0.25) is 0 Å². The van der Waals surface area contributed by atoms with E-state index in [4.69, 9.17) is 0 Å². The predicted octanol–water partition coefficient (Wildman–Crippen LogP) is 3.73. The molecule has 1 aromatic heterocycles. The van der Waals surface area contributed by atoms with Crippen molar-refractivity contribution in [3.8, 4) is 5.69 Å². The number of rotatable bonds is 4. The van der Waals surface area contributed by atoms with Gasteiger partial charge >= 0.3 is 0 Å². The number of carbonyl (C=O) groups is 1. The molecule has 0 bridgehead atoms. The number of para-hydroxylation sites is 2. The molecule has 132 valence electrons. The van der Waals surface area contributed by atoms with Crippen molar-refractivity contribution in [3.05, 3.63) is 66.5 Å². The van der Waals surface area contributed by atoms with E-state index < -0.39 is 0 Å². The Labute approximate surface area is 157 Å². The van der Waals surface area contributed by atoms with Crippen LogP contribution in [0.3, 0.4) is 0 Å². The quantitative estimate of drug-likeness (QED) is 0.662. The van der Waals surface area contributed by atoms with E-state index in [1.165, 1.54) is 17.3 Å². The summed E-state index contributed by atoms with van der Waals surface area (Å²) in [6, 6.07) is 18.3. The van der Waals surface area contributed by atoms with Crippen molar-refractivity contribution in [2.75, 3.05) is 10.7 Å². The van der Waals surface area contributed by atoms with E-state index in [1.807, 2.05) is 58.0 Å². The van der Waals surface area contributed by atoms with Crippen LogP contribution in [0.15, 0.2) is 66.1 Å². The van der Waals surface area contributed by atoms with Crippen molar-refractivity contribution < 1.29 is 4.79 Å². The third-order valence-electron chi connectivity index (χ3n) is 4.67. The smallest absolute Gasteiger partial charge is 0.237 e. The molecule has 0 radical (unpaired) electrons. The van der Waals surface area contributed by atoms with Gasteiger partial charge in [0, 0.05) is 17.4 Å². The van der Waals surface area contributed by atoms with Gasteiger partial charge in [-0.25, -0.2) is 0 Å². The number of fused-ring (bicyclic) bond motifs is 1. The van der Waals surface area contributed by atoms with E-state index in [0.29, 0.717) is 5.75 Å².